The van der Waals surface area contributed by atoms with Crippen molar-refractivity contribution in [3.63, 3.8) is 0 Å². The topological polar surface area (TPSA) is 66.5 Å². The highest BCUT2D eigenvalue weighted by Gasteiger charge is 2.19. The van der Waals surface area contributed by atoms with Gasteiger partial charge in [0, 0.05) is 13.6 Å². The summed E-state index contributed by atoms with van der Waals surface area (Å²) in [7, 11) is -1.95. The van der Waals surface area contributed by atoms with Crippen LogP contribution in [0.5, 0.6) is 0 Å². The standard InChI is InChI=1S/C14H22N2O3S/c1-11(2)9-10-15-14(17)12-7-5-6-8-13(12)16(3)20(4,18)19/h5-8,11H,9-10H2,1-4H3,(H,15,17). The third kappa shape index (κ3) is 4.52. The molecule has 1 rings (SSSR count). The van der Waals surface area contributed by atoms with Gasteiger partial charge in [-0.2, -0.15) is 0 Å². The molecular formula is C14H22N2O3S. The number of nitrogens with one attached hydrogen (secondary N) is 1. The molecule has 0 saturated heterocycles. The van der Waals surface area contributed by atoms with Gasteiger partial charge in [-0.25, -0.2) is 8.42 Å². The van der Waals surface area contributed by atoms with Crippen LogP contribution >= 0.6 is 0 Å². The zero-order valence-corrected chi connectivity index (χ0v) is 13.2. The minimum absolute atomic E-state index is 0.253. The van der Waals surface area contributed by atoms with Crippen LogP contribution in [0.15, 0.2) is 24.3 Å². The Labute approximate surface area is 121 Å². The van der Waals surface area contributed by atoms with Crippen molar-refractivity contribution in [2.45, 2.75) is 20.3 Å². The van der Waals surface area contributed by atoms with Crippen LogP contribution in [0.4, 0.5) is 5.69 Å². The lowest BCUT2D eigenvalue weighted by molar-refractivity contribution is 0.0952. The summed E-state index contributed by atoms with van der Waals surface area (Å²) in [5.74, 6) is 0.251. The van der Waals surface area contributed by atoms with E-state index in [0.29, 0.717) is 23.7 Å². The van der Waals surface area contributed by atoms with E-state index in [1.807, 2.05) is 0 Å². The summed E-state index contributed by atoms with van der Waals surface area (Å²) in [4.78, 5) is 12.1. The zero-order valence-electron chi connectivity index (χ0n) is 12.4. The SMILES string of the molecule is CC(C)CCNC(=O)c1ccccc1N(C)S(C)(=O)=O. The van der Waals surface area contributed by atoms with Gasteiger partial charge < -0.3 is 5.32 Å². The molecule has 0 aliphatic carbocycles. The van der Waals surface area contributed by atoms with Crippen molar-refractivity contribution in [2.75, 3.05) is 24.2 Å². The summed E-state index contributed by atoms with van der Waals surface area (Å²) in [6.45, 7) is 4.74. The van der Waals surface area contributed by atoms with Crippen LogP contribution in [0.25, 0.3) is 0 Å². The molecule has 0 saturated carbocycles. The van der Waals surface area contributed by atoms with E-state index in [4.69, 9.17) is 0 Å². The number of amides is 1. The largest absolute Gasteiger partial charge is 0.352 e. The Hall–Kier alpha value is -1.56. The van der Waals surface area contributed by atoms with Crippen LogP contribution < -0.4 is 9.62 Å². The maximum absolute atomic E-state index is 12.1. The van der Waals surface area contributed by atoms with Crippen LogP contribution in [-0.4, -0.2) is 34.2 Å². The molecule has 20 heavy (non-hydrogen) atoms. The summed E-state index contributed by atoms with van der Waals surface area (Å²) < 4.78 is 24.3. The van der Waals surface area contributed by atoms with E-state index in [2.05, 4.69) is 19.2 Å². The third-order valence-electron chi connectivity index (χ3n) is 2.99. The second-order valence-corrected chi connectivity index (χ2v) is 7.20. The first-order valence-corrected chi connectivity index (χ1v) is 8.39. The first-order chi connectivity index (χ1) is 9.23. The Kier molecular flexibility index (Phi) is 5.56. The Morgan fingerprint density at radius 1 is 1.30 bits per heavy atom. The van der Waals surface area contributed by atoms with E-state index < -0.39 is 10.0 Å². The van der Waals surface area contributed by atoms with Gasteiger partial charge in [-0.3, -0.25) is 9.10 Å². The molecule has 0 fully saturated rings. The Morgan fingerprint density at radius 3 is 2.45 bits per heavy atom. The predicted molar refractivity (Wildman–Crippen MR) is 81.5 cm³/mol. The van der Waals surface area contributed by atoms with E-state index in [1.165, 1.54) is 7.05 Å². The number of sulfonamides is 1. The van der Waals surface area contributed by atoms with Crippen molar-refractivity contribution >= 4 is 21.6 Å². The molecule has 0 bridgehead atoms. The Bertz CT molecular complexity index is 568. The highest BCUT2D eigenvalue weighted by molar-refractivity contribution is 7.92. The molecule has 1 amide bonds. The number of hydrogen-bond acceptors (Lipinski definition) is 3. The highest BCUT2D eigenvalue weighted by Crippen LogP contribution is 2.21. The van der Waals surface area contributed by atoms with Gasteiger partial charge in [0.2, 0.25) is 10.0 Å². The van der Waals surface area contributed by atoms with Gasteiger partial charge in [0.25, 0.3) is 5.91 Å². The lowest BCUT2D eigenvalue weighted by atomic mass is 10.1. The quantitative estimate of drug-likeness (QED) is 0.871. The number of rotatable bonds is 6. The number of benzene rings is 1. The minimum atomic E-state index is -3.39. The molecule has 0 aromatic heterocycles. The molecule has 112 valence electrons. The van der Waals surface area contributed by atoms with E-state index in [1.54, 1.807) is 24.3 Å². The minimum Gasteiger partial charge on any atom is -0.352 e. The molecular weight excluding hydrogens is 276 g/mol. The number of para-hydroxylation sites is 1. The summed E-state index contributed by atoms with van der Waals surface area (Å²) in [5.41, 5.74) is 0.751. The maximum Gasteiger partial charge on any atom is 0.253 e. The number of hydrogen-bond donors (Lipinski definition) is 1. The van der Waals surface area contributed by atoms with Crippen molar-refractivity contribution in [3.05, 3.63) is 29.8 Å². The van der Waals surface area contributed by atoms with Gasteiger partial charge in [0.05, 0.1) is 17.5 Å². The van der Waals surface area contributed by atoms with Gasteiger partial charge in [0.15, 0.2) is 0 Å². The van der Waals surface area contributed by atoms with Crippen LogP contribution in [-0.2, 0) is 10.0 Å². The fraction of sp³-hybridized carbons (Fsp3) is 0.500. The van der Waals surface area contributed by atoms with Crippen LogP contribution in [0.3, 0.4) is 0 Å². The molecule has 1 aromatic carbocycles. The maximum atomic E-state index is 12.1. The first kappa shape index (κ1) is 16.5. The molecule has 1 aromatic rings. The lowest BCUT2D eigenvalue weighted by Gasteiger charge is -2.19. The number of anilines is 1. The summed E-state index contributed by atoms with van der Waals surface area (Å²) in [5, 5.41) is 2.82. The zero-order chi connectivity index (χ0) is 15.3. The fourth-order valence-corrected chi connectivity index (χ4v) is 2.20. The van der Waals surface area contributed by atoms with Crippen molar-refractivity contribution in [1.29, 1.82) is 0 Å². The van der Waals surface area contributed by atoms with Gasteiger partial charge >= 0.3 is 0 Å². The molecule has 0 heterocycles. The van der Waals surface area contributed by atoms with Gasteiger partial charge in [-0.1, -0.05) is 26.0 Å². The number of nitrogens with zero attached hydrogens (tertiary/aromatic N) is 1. The third-order valence-corrected chi connectivity index (χ3v) is 4.18. The van der Waals surface area contributed by atoms with Crippen LogP contribution in [0, 0.1) is 5.92 Å². The van der Waals surface area contributed by atoms with Crippen LogP contribution in [0.2, 0.25) is 0 Å². The van der Waals surface area contributed by atoms with Crippen molar-refractivity contribution < 1.29 is 13.2 Å². The average Bonchev–Trinajstić information content (AvgIpc) is 2.36. The Morgan fingerprint density at radius 2 is 1.90 bits per heavy atom. The molecule has 6 heteroatoms. The van der Waals surface area contributed by atoms with Crippen LogP contribution in [0.1, 0.15) is 30.6 Å². The summed E-state index contributed by atoms with van der Waals surface area (Å²) in [6.07, 6.45) is 2.00. The van der Waals surface area contributed by atoms with Gasteiger partial charge in [0.1, 0.15) is 0 Å². The smallest absolute Gasteiger partial charge is 0.253 e. The molecule has 0 spiro atoms. The normalized spacial score (nSPS) is 11.4. The van der Waals surface area contributed by atoms with Crippen molar-refractivity contribution in [2.24, 2.45) is 5.92 Å². The number of carbonyl (C=O) groups excluding carboxylic acids is 1. The van der Waals surface area contributed by atoms with E-state index in [-0.39, 0.29) is 5.91 Å². The second-order valence-electron chi connectivity index (χ2n) is 5.19. The first-order valence-electron chi connectivity index (χ1n) is 6.54. The van der Waals surface area contributed by atoms with Crippen molar-refractivity contribution in [1.82, 2.24) is 5.32 Å². The molecule has 1 N–H and O–H groups in total. The molecule has 0 atom stereocenters. The van der Waals surface area contributed by atoms with E-state index >= 15 is 0 Å². The molecule has 0 aliphatic rings. The van der Waals surface area contributed by atoms with E-state index in [9.17, 15) is 13.2 Å². The molecule has 0 radical (unpaired) electrons. The van der Waals surface area contributed by atoms with Gasteiger partial charge in [-0.15, -0.1) is 0 Å². The predicted octanol–water partition coefficient (Wildman–Crippen LogP) is 1.86. The average molecular weight is 298 g/mol. The lowest BCUT2D eigenvalue weighted by Crippen LogP contribution is -2.30. The van der Waals surface area contributed by atoms with Crippen molar-refractivity contribution in [3.8, 4) is 0 Å². The molecule has 5 nitrogen and oxygen atoms in total. The molecule has 0 unspecified atom stereocenters. The number of carbonyl (C=O) groups is 1. The second kappa shape index (κ2) is 6.74. The van der Waals surface area contributed by atoms with E-state index in [0.717, 1.165) is 17.0 Å². The monoisotopic (exact) mass is 298 g/mol. The van der Waals surface area contributed by atoms with Gasteiger partial charge in [-0.05, 0) is 24.5 Å². The summed E-state index contributed by atoms with van der Waals surface area (Å²) in [6, 6.07) is 6.68. The molecule has 0 aliphatic heterocycles. The Balaban J connectivity index is 2.93. The summed E-state index contributed by atoms with van der Waals surface area (Å²) >= 11 is 0. The highest BCUT2D eigenvalue weighted by atomic mass is 32.2. The fourth-order valence-electron chi connectivity index (χ4n) is 1.69.